The van der Waals surface area contributed by atoms with Crippen LogP contribution in [-0.4, -0.2) is 46.2 Å². The second-order valence-corrected chi connectivity index (χ2v) is 12.7. The minimum Gasteiger partial charge on any atom is -0.465 e. The zero-order valence-corrected chi connectivity index (χ0v) is 23.2. The molecule has 3 N–H and O–H groups in total. The summed E-state index contributed by atoms with van der Waals surface area (Å²) in [5.41, 5.74) is 2.17. The highest BCUT2D eigenvalue weighted by molar-refractivity contribution is 5.77. The standard InChI is InChI=1S/C31H48O5/c1-8-36-28(35)30(5,6)27(34)15-17-29(3,4)26-14-13-24-21(10-9-16-31(24,26)7)11-12-22-18-23(32)19-25(33)20(22)2/h11-12,15,17,23-27,32-34H,2,8-10,13-14,16,18-19H2,1,3-7H3/b17-15+,21-11+,22-12-/t23-,24+,25+,26-,27+,31+/m1/s1. The molecule has 0 unspecified atom stereocenters. The van der Waals surface area contributed by atoms with Gasteiger partial charge >= 0.3 is 5.97 Å². The van der Waals surface area contributed by atoms with Gasteiger partial charge in [-0.1, -0.05) is 57.2 Å². The number of hydrogen-bond donors (Lipinski definition) is 3. The lowest BCUT2D eigenvalue weighted by molar-refractivity contribution is -0.158. The Morgan fingerprint density at radius 3 is 2.58 bits per heavy atom. The first-order chi connectivity index (χ1) is 16.7. The van der Waals surface area contributed by atoms with Crippen LogP contribution in [0.15, 0.2) is 47.6 Å². The van der Waals surface area contributed by atoms with E-state index in [1.165, 1.54) is 12.0 Å². The molecule has 3 aliphatic rings. The van der Waals surface area contributed by atoms with Crippen molar-refractivity contribution in [3.8, 4) is 0 Å². The number of fused-ring (bicyclic) bond motifs is 1. The van der Waals surface area contributed by atoms with E-state index in [1.54, 1.807) is 26.8 Å². The molecule has 0 heterocycles. The van der Waals surface area contributed by atoms with Crippen LogP contribution in [-0.2, 0) is 9.53 Å². The first-order valence-corrected chi connectivity index (χ1v) is 13.7. The second-order valence-electron chi connectivity index (χ2n) is 12.7. The number of aliphatic hydroxyl groups excluding tert-OH is 3. The average Bonchev–Trinajstić information content (AvgIpc) is 3.17. The summed E-state index contributed by atoms with van der Waals surface area (Å²) in [5.74, 6) is 0.562. The Bertz CT molecular complexity index is 923. The van der Waals surface area contributed by atoms with Gasteiger partial charge in [-0.3, -0.25) is 4.79 Å². The largest absolute Gasteiger partial charge is 0.465 e. The van der Waals surface area contributed by atoms with Crippen LogP contribution in [0.25, 0.3) is 0 Å². The van der Waals surface area contributed by atoms with Crippen molar-refractivity contribution in [3.63, 3.8) is 0 Å². The Kier molecular flexibility index (Phi) is 8.80. The van der Waals surface area contributed by atoms with E-state index in [-0.39, 0.29) is 16.8 Å². The maximum atomic E-state index is 12.3. The Morgan fingerprint density at radius 2 is 1.92 bits per heavy atom. The van der Waals surface area contributed by atoms with Crippen LogP contribution in [0.4, 0.5) is 0 Å². The van der Waals surface area contributed by atoms with Gasteiger partial charge in [0.1, 0.15) is 0 Å². The molecule has 0 amide bonds. The molecular weight excluding hydrogens is 452 g/mol. The molecule has 0 radical (unpaired) electrons. The number of carbonyl (C=O) groups is 1. The number of carbonyl (C=O) groups excluding carboxylic acids is 1. The fourth-order valence-electron chi connectivity index (χ4n) is 7.06. The summed E-state index contributed by atoms with van der Waals surface area (Å²) in [6.07, 6.45) is 12.7. The van der Waals surface area contributed by atoms with Crippen LogP contribution in [0, 0.1) is 28.1 Å². The summed E-state index contributed by atoms with van der Waals surface area (Å²) >= 11 is 0. The lowest BCUT2D eigenvalue weighted by Crippen LogP contribution is -2.40. The van der Waals surface area contributed by atoms with Crippen molar-refractivity contribution in [2.45, 2.75) is 105 Å². The lowest BCUT2D eigenvalue weighted by Gasteiger charge is -2.47. The van der Waals surface area contributed by atoms with Crippen molar-refractivity contribution in [3.05, 3.63) is 47.6 Å². The number of hydrogen-bond acceptors (Lipinski definition) is 5. The van der Waals surface area contributed by atoms with Gasteiger partial charge in [0, 0.05) is 6.42 Å². The van der Waals surface area contributed by atoms with Gasteiger partial charge in [-0.15, -0.1) is 0 Å². The molecule has 0 aromatic heterocycles. The average molecular weight is 501 g/mol. The Hall–Kier alpha value is -1.69. The highest BCUT2D eigenvalue weighted by Crippen LogP contribution is 2.62. The molecule has 0 bridgehead atoms. The highest BCUT2D eigenvalue weighted by atomic mass is 16.5. The molecule has 6 atom stereocenters. The van der Waals surface area contributed by atoms with Crippen molar-refractivity contribution in [1.29, 1.82) is 0 Å². The summed E-state index contributed by atoms with van der Waals surface area (Å²) < 4.78 is 5.17. The maximum absolute atomic E-state index is 12.3. The van der Waals surface area contributed by atoms with Crippen LogP contribution in [0.2, 0.25) is 0 Å². The van der Waals surface area contributed by atoms with E-state index in [1.807, 2.05) is 0 Å². The third-order valence-corrected chi connectivity index (χ3v) is 9.38. The molecule has 0 aromatic carbocycles. The van der Waals surface area contributed by atoms with E-state index in [9.17, 15) is 20.1 Å². The number of allylic oxidation sites excluding steroid dienone is 4. The maximum Gasteiger partial charge on any atom is 0.314 e. The number of esters is 1. The van der Waals surface area contributed by atoms with Crippen molar-refractivity contribution in [2.24, 2.45) is 28.1 Å². The second kappa shape index (κ2) is 11.0. The topological polar surface area (TPSA) is 87.0 Å². The third kappa shape index (κ3) is 5.74. The van der Waals surface area contributed by atoms with Crippen LogP contribution >= 0.6 is 0 Å². The molecule has 202 valence electrons. The van der Waals surface area contributed by atoms with E-state index in [4.69, 9.17) is 4.74 Å². The van der Waals surface area contributed by atoms with Crippen LogP contribution in [0.5, 0.6) is 0 Å². The molecule has 5 heteroatoms. The van der Waals surface area contributed by atoms with Crippen LogP contribution in [0.3, 0.4) is 0 Å². The highest BCUT2D eigenvalue weighted by Gasteiger charge is 2.53. The minimum atomic E-state index is -0.997. The molecule has 0 aromatic rings. The smallest absolute Gasteiger partial charge is 0.314 e. The van der Waals surface area contributed by atoms with E-state index in [0.717, 1.165) is 36.8 Å². The summed E-state index contributed by atoms with van der Waals surface area (Å²) in [6.45, 7) is 16.5. The molecular formula is C31H48O5. The van der Waals surface area contributed by atoms with E-state index in [2.05, 4.69) is 45.6 Å². The Labute approximate surface area is 218 Å². The van der Waals surface area contributed by atoms with Crippen molar-refractivity contribution < 1.29 is 24.9 Å². The van der Waals surface area contributed by atoms with E-state index >= 15 is 0 Å². The predicted octanol–water partition coefficient (Wildman–Crippen LogP) is 5.66. The van der Waals surface area contributed by atoms with E-state index in [0.29, 0.717) is 31.3 Å². The first kappa shape index (κ1) is 28.9. The molecule has 5 nitrogen and oxygen atoms in total. The normalized spacial score (nSPS) is 34.9. The molecule has 3 rings (SSSR count). The minimum absolute atomic E-state index is 0.137. The summed E-state index contributed by atoms with van der Waals surface area (Å²) in [6, 6.07) is 0. The van der Waals surface area contributed by atoms with Gasteiger partial charge < -0.3 is 20.1 Å². The first-order valence-electron chi connectivity index (χ1n) is 13.7. The van der Waals surface area contributed by atoms with Gasteiger partial charge in [-0.2, -0.15) is 0 Å². The summed E-state index contributed by atoms with van der Waals surface area (Å²) in [4.78, 5) is 12.3. The number of ether oxygens (including phenoxy) is 1. The molecule has 3 saturated carbocycles. The van der Waals surface area contributed by atoms with Crippen molar-refractivity contribution >= 4 is 5.97 Å². The molecule has 0 spiro atoms. The predicted molar refractivity (Wildman–Crippen MR) is 144 cm³/mol. The van der Waals surface area contributed by atoms with Gasteiger partial charge in [-0.05, 0) is 93.1 Å². The Morgan fingerprint density at radius 1 is 1.22 bits per heavy atom. The van der Waals surface area contributed by atoms with Gasteiger partial charge in [0.2, 0.25) is 0 Å². The third-order valence-electron chi connectivity index (χ3n) is 9.38. The SMILES string of the molecule is C=C1/C(=C\C=C2/CCC[C@]3(C)[C@@H](C(C)(C)/C=C/[C@H](O)C(C)(C)C(=O)OCC)CC[C@@H]23)C[C@@H](O)C[C@@H]1O. The Balaban J connectivity index is 1.79. The van der Waals surface area contributed by atoms with Gasteiger partial charge in [-0.25, -0.2) is 0 Å². The summed E-state index contributed by atoms with van der Waals surface area (Å²) in [7, 11) is 0. The quantitative estimate of drug-likeness (QED) is 0.310. The van der Waals surface area contributed by atoms with Gasteiger partial charge in [0.25, 0.3) is 0 Å². The monoisotopic (exact) mass is 500 g/mol. The van der Waals surface area contributed by atoms with Gasteiger partial charge in [0.05, 0.1) is 30.3 Å². The molecule has 0 saturated heterocycles. The zero-order valence-electron chi connectivity index (χ0n) is 23.2. The summed E-state index contributed by atoms with van der Waals surface area (Å²) in [5, 5.41) is 31.1. The fraction of sp³-hybridized carbons (Fsp3) is 0.710. The molecule has 0 aliphatic heterocycles. The van der Waals surface area contributed by atoms with E-state index < -0.39 is 23.7 Å². The zero-order chi connectivity index (χ0) is 26.9. The molecule has 36 heavy (non-hydrogen) atoms. The van der Waals surface area contributed by atoms with Crippen LogP contribution < -0.4 is 0 Å². The van der Waals surface area contributed by atoms with Gasteiger partial charge in [0.15, 0.2) is 0 Å². The van der Waals surface area contributed by atoms with Crippen molar-refractivity contribution in [2.75, 3.05) is 6.61 Å². The molecule has 3 aliphatic carbocycles. The van der Waals surface area contributed by atoms with Crippen molar-refractivity contribution in [1.82, 2.24) is 0 Å². The van der Waals surface area contributed by atoms with Crippen LogP contribution in [0.1, 0.15) is 86.5 Å². The fourth-order valence-corrected chi connectivity index (χ4v) is 7.06. The lowest BCUT2D eigenvalue weighted by atomic mass is 9.57. The number of aliphatic hydroxyl groups is 3. The molecule has 3 fully saturated rings. The number of rotatable bonds is 7.